The average molecular weight is 394 g/mol. The van der Waals surface area contributed by atoms with Crippen molar-refractivity contribution in [1.29, 1.82) is 0 Å². The van der Waals surface area contributed by atoms with Gasteiger partial charge in [-0.3, -0.25) is 4.79 Å². The number of hydrogen-bond acceptors (Lipinski definition) is 8. The highest BCUT2D eigenvalue weighted by atomic mass is 19.1. The molecule has 0 saturated heterocycles. The molecule has 0 fully saturated rings. The standard InChI is InChI=1S/C18H15FN8O2/c1-29-17-16(21-9-10-4-2-5-11(19)8-10)22-18(25-24-17)27-13-7-3-6-12(15(20)28)14(13)23-26-27/h2-8H,9H2,1H3,(H2,20,28)(H,21,22,25). The van der Waals surface area contributed by atoms with Gasteiger partial charge in [0.05, 0.1) is 18.2 Å². The SMILES string of the molecule is COc1nnc(-n2nnc3c(C(N)=O)cccc32)nc1NCc1cccc(F)c1. The third-order valence-corrected chi connectivity index (χ3v) is 4.12. The molecular formula is C18H15FN8O2. The maximum Gasteiger partial charge on any atom is 0.276 e. The molecule has 1 amide bonds. The van der Waals surface area contributed by atoms with E-state index >= 15 is 0 Å². The van der Waals surface area contributed by atoms with E-state index in [1.165, 1.54) is 23.9 Å². The van der Waals surface area contributed by atoms with E-state index in [0.717, 1.165) is 0 Å². The molecule has 0 unspecified atom stereocenters. The van der Waals surface area contributed by atoms with Crippen LogP contribution in [-0.2, 0) is 6.54 Å². The number of aromatic nitrogens is 6. The highest BCUT2D eigenvalue weighted by Crippen LogP contribution is 2.22. The number of nitrogens with zero attached hydrogens (tertiary/aromatic N) is 6. The maximum atomic E-state index is 13.4. The molecule has 0 atom stereocenters. The van der Waals surface area contributed by atoms with E-state index in [2.05, 4.69) is 30.8 Å². The Morgan fingerprint density at radius 2 is 2.03 bits per heavy atom. The molecule has 10 nitrogen and oxygen atoms in total. The molecule has 0 spiro atoms. The molecule has 4 rings (SSSR count). The second-order valence-corrected chi connectivity index (χ2v) is 5.99. The lowest BCUT2D eigenvalue weighted by atomic mass is 10.2. The van der Waals surface area contributed by atoms with Crippen molar-refractivity contribution in [2.24, 2.45) is 5.73 Å². The number of benzene rings is 2. The van der Waals surface area contributed by atoms with E-state index < -0.39 is 5.91 Å². The summed E-state index contributed by atoms with van der Waals surface area (Å²) in [6.07, 6.45) is 0. The summed E-state index contributed by atoms with van der Waals surface area (Å²) in [6, 6.07) is 11.1. The fraction of sp³-hybridized carbons (Fsp3) is 0.111. The first-order valence-electron chi connectivity index (χ1n) is 8.48. The highest BCUT2D eigenvalue weighted by Gasteiger charge is 2.17. The fourth-order valence-corrected chi connectivity index (χ4v) is 2.77. The Morgan fingerprint density at radius 3 is 2.79 bits per heavy atom. The number of nitrogens with two attached hydrogens (primary N) is 1. The summed E-state index contributed by atoms with van der Waals surface area (Å²) in [6.45, 7) is 0.288. The summed E-state index contributed by atoms with van der Waals surface area (Å²) in [5.74, 6) is -0.397. The van der Waals surface area contributed by atoms with Gasteiger partial charge in [-0.05, 0) is 29.8 Å². The Bertz CT molecular complexity index is 1210. The molecule has 0 aliphatic heterocycles. The first-order chi connectivity index (χ1) is 14.1. The van der Waals surface area contributed by atoms with Crippen LogP contribution in [0.25, 0.3) is 17.0 Å². The highest BCUT2D eigenvalue weighted by molar-refractivity contribution is 6.03. The molecule has 0 aliphatic carbocycles. The summed E-state index contributed by atoms with van der Waals surface area (Å²) in [5.41, 5.74) is 7.15. The molecule has 2 heterocycles. The number of nitrogens with one attached hydrogen (secondary N) is 1. The van der Waals surface area contributed by atoms with Gasteiger partial charge in [-0.15, -0.1) is 15.3 Å². The number of methoxy groups -OCH3 is 1. The van der Waals surface area contributed by atoms with E-state index in [0.29, 0.717) is 16.6 Å². The Balaban J connectivity index is 1.70. The van der Waals surface area contributed by atoms with Gasteiger partial charge < -0.3 is 15.8 Å². The van der Waals surface area contributed by atoms with E-state index in [1.807, 2.05) is 0 Å². The van der Waals surface area contributed by atoms with Gasteiger partial charge in [-0.1, -0.05) is 23.4 Å². The zero-order valence-electron chi connectivity index (χ0n) is 15.2. The van der Waals surface area contributed by atoms with Gasteiger partial charge >= 0.3 is 0 Å². The van der Waals surface area contributed by atoms with Crippen molar-refractivity contribution < 1.29 is 13.9 Å². The second-order valence-electron chi connectivity index (χ2n) is 5.99. The number of rotatable bonds is 6. The van der Waals surface area contributed by atoms with Gasteiger partial charge in [-0.25, -0.2) is 4.39 Å². The van der Waals surface area contributed by atoms with Gasteiger partial charge in [0.2, 0.25) is 0 Å². The maximum absolute atomic E-state index is 13.4. The lowest BCUT2D eigenvalue weighted by Crippen LogP contribution is -2.12. The summed E-state index contributed by atoms with van der Waals surface area (Å²) in [5, 5.41) is 19.1. The Kier molecular flexibility index (Phi) is 4.69. The van der Waals surface area contributed by atoms with Crippen LogP contribution in [0.3, 0.4) is 0 Å². The van der Waals surface area contributed by atoms with Gasteiger partial charge in [0.1, 0.15) is 11.3 Å². The van der Waals surface area contributed by atoms with E-state index in [1.54, 1.807) is 30.3 Å². The van der Waals surface area contributed by atoms with Gasteiger partial charge in [0.25, 0.3) is 17.7 Å². The summed E-state index contributed by atoms with van der Waals surface area (Å²) in [4.78, 5) is 16.0. The van der Waals surface area contributed by atoms with Crippen molar-refractivity contribution in [3.05, 3.63) is 59.4 Å². The minimum Gasteiger partial charge on any atom is -0.477 e. The van der Waals surface area contributed by atoms with Crippen LogP contribution in [0.15, 0.2) is 42.5 Å². The summed E-state index contributed by atoms with van der Waals surface area (Å²) < 4.78 is 19.9. The number of amides is 1. The summed E-state index contributed by atoms with van der Waals surface area (Å²) >= 11 is 0. The molecular weight excluding hydrogens is 379 g/mol. The quantitative estimate of drug-likeness (QED) is 0.502. The Morgan fingerprint density at radius 1 is 1.21 bits per heavy atom. The predicted molar refractivity (Wildman–Crippen MR) is 101 cm³/mol. The molecule has 2 aromatic carbocycles. The van der Waals surface area contributed by atoms with Crippen molar-refractivity contribution in [1.82, 2.24) is 30.2 Å². The van der Waals surface area contributed by atoms with Crippen LogP contribution in [0.2, 0.25) is 0 Å². The molecule has 3 N–H and O–H groups in total. The van der Waals surface area contributed by atoms with Crippen LogP contribution in [0, 0.1) is 5.82 Å². The molecule has 11 heteroatoms. The van der Waals surface area contributed by atoms with Crippen molar-refractivity contribution in [3.63, 3.8) is 0 Å². The van der Waals surface area contributed by atoms with E-state index in [-0.39, 0.29) is 35.6 Å². The van der Waals surface area contributed by atoms with Crippen LogP contribution in [0.4, 0.5) is 10.2 Å². The van der Waals surface area contributed by atoms with Crippen molar-refractivity contribution in [2.75, 3.05) is 12.4 Å². The van der Waals surface area contributed by atoms with E-state index in [9.17, 15) is 9.18 Å². The number of fused-ring (bicyclic) bond motifs is 1. The minimum absolute atomic E-state index is 0.108. The molecule has 0 radical (unpaired) electrons. The van der Waals surface area contributed by atoms with Gasteiger partial charge in [0.15, 0.2) is 5.82 Å². The third-order valence-electron chi connectivity index (χ3n) is 4.12. The number of primary amides is 1. The predicted octanol–water partition coefficient (Wildman–Crippen LogP) is 1.46. The second kappa shape index (κ2) is 7.46. The van der Waals surface area contributed by atoms with Crippen LogP contribution in [0.5, 0.6) is 5.88 Å². The van der Waals surface area contributed by atoms with Crippen LogP contribution < -0.4 is 15.8 Å². The Labute approximate surface area is 163 Å². The zero-order valence-corrected chi connectivity index (χ0v) is 15.2. The van der Waals surface area contributed by atoms with Crippen molar-refractivity contribution >= 4 is 22.8 Å². The first-order valence-corrected chi connectivity index (χ1v) is 8.48. The van der Waals surface area contributed by atoms with Gasteiger partial charge in [0, 0.05) is 6.54 Å². The van der Waals surface area contributed by atoms with E-state index in [4.69, 9.17) is 10.5 Å². The normalized spacial score (nSPS) is 10.8. The monoisotopic (exact) mass is 394 g/mol. The fourth-order valence-electron chi connectivity index (χ4n) is 2.77. The first kappa shape index (κ1) is 18.2. The Hall–Kier alpha value is -4.15. The molecule has 29 heavy (non-hydrogen) atoms. The number of carbonyl (C=O) groups excluding carboxylic acids is 1. The largest absolute Gasteiger partial charge is 0.477 e. The molecule has 4 aromatic rings. The van der Waals surface area contributed by atoms with Crippen molar-refractivity contribution in [3.8, 4) is 11.8 Å². The number of anilines is 1. The zero-order chi connectivity index (χ0) is 20.4. The number of carbonyl (C=O) groups is 1. The topological polar surface area (TPSA) is 134 Å². The number of hydrogen-bond donors (Lipinski definition) is 2. The number of ether oxygens (including phenoxy) is 1. The lowest BCUT2D eigenvalue weighted by molar-refractivity contribution is 0.100. The smallest absolute Gasteiger partial charge is 0.276 e. The van der Waals surface area contributed by atoms with Crippen LogP contribution in [-0.4, -0.2) is 43.2 Å². The molecule has 2 aromatic heterocycles. The van der Waals surface area contributed by atoms with Crippen LogP contribution >= 0.6 is 0 Å². The lowest BCUT2D eigenvalue weighted by Gasteiger charge is -2.10. The van der Waals surface area contributed by atoms with Crippen LogP contribution in [0.1, 0.15) is 15.9 Å². The molecule has 0 bridgehead atoms. The average Bonchev–Trinajstić information content (AvgIpc) is 3.16. The number of halogens is 1. The summed E-state index contributed by atoms with van der Waals surface area (Å²) in [7, 11) is 1.43. The van der Waals surface area contributed by atoms with Crippen molar-refractivity contribution in [2.45, 2.75) is 6.54 Å². The molecule has 0 saturated carbocycles. The van der Waals surface area contributed by atoms with Gasteiger partial charge in [-0.2, -0.15) is 9.67 Å². The molecule has 146 valence electrons. The third kappa shape index (κ3) is 3.52. The molecule has 0 aliphatic rings. The minimum atomic E-state index is -0.617.